The molecule has 3 aromatic rings. The first-order chi connectivity index (χ1) is 12.1. The Bertz CT molecular complexity index is 900. The van der Waals surface area contributed by atoms with Gasteiger partial charge in [-0.25, -0.2) is 13.5 Å². The van der Waals surface area contributed by atoms with Crippen LogP contribution in [0.4, 0.5) is 8.78 Å². The summed E-state index contributed by atoms with van der Waals surface area (Å²) in [4.78, 5) is 13.7. The lowest BCUT2D eigenvalue weighted by atomic mass is 10.1. The van der Waals surface area contributed by atoms with Crippen molar-refractivity contribution in [1.82, 2.24) is 19.9 Å². The highest BCUT2D eigenvalue weighted by atomic mass is 19.1. The molecule has 1 amide bonds. The highest BCUT2D eigenvalue weighted by Gasteiger charge is 2.35. The largest absolute Gasteiger partial charge is 0.334 e. The fourth-order valence-corrected chi connectivity index (χ4v) is 2.85. The van der Waals surface area contributed by atoms with E-state index in [9.17, 15) is 13.6 Å². The molecule has 0 N–H and O–H groups in total. The second-order valence-corrected chi connectivity index (χ2v) is 5.91. The van der Waals surface area contributed by atoms with E-state index < -0.39 is 23.1 Å². The summed E-state index contributed by atoms with van der Waals surface area (Å²) in [5.41, 5.74) is 1.18. The van der Waals surface area contributed by atoms with Crippen molar-refractivity contribution in [3.8, 4) is 11.3 Å². The second-order valence-electron chi connectivity index (χ2n) is 5.91. The average molecular weight is 340 g/mol. The summed E-state index contributed by atoms with van der Waals surface area (Å²) < 4.78 is 29.1. The summed E-state index contributed by atoms with van der Waals surface area (Å²) >= 11 is 0. The molecule has 2 heterocycles. The number of carbonyl (C=O) groups is 1. The van der Waals surface area contributed by atoms with Gasteiger partial charge in [-0.2, -0.15) is 0 Å². The standard InChI is InChI=1S/C18H14F2N4O/c19-14-7-4-8-15(20)17(14)18(25)23-9-13(10-23)24-11-16(21-22-24)12-5-2-1-3-6-12/h1-8,11,13H,9-10H2. The molecular weight excluding hydrogens is 326 g/mol. The van der Waals surface area contributed by atoms with Crippen molar-refractivity contribution in [2.75, 3.05) is 13.1 Å². The molecule has 0 atom stereocenters. The molecule has 1 saturated heterocycles. The molecule has 0 saturated carbocycles. The minimum atomic E-state index is -0.847. The minimum absolute atomic E-state index is 0.0521. The van der Waals surface area contributed by atoms with E-state index in [2.05, 4.69) is 10.3 Å². The third-order valence-electron chi connectivity index (χ3n) is 4.28. The number of hydrogen-bond acceptors (Lipinski definition) is 3. The first-order valence-corrected chi connectivity index (χ1v) is 7.84. The molecule has 0 radical (unpaired) electrons. The van der Waals surface area contributed by atoms with Gasteiger partial charge in [0, 0.05) is 18.7 Å². The zero-order valence-electron chi connectivity index (χ0n) is 13.1. The maximum absolute atomic E-state index is 13.7. The van der Waals surface area contributed by atoms with E-state index in [4.69, 9.17) is 0 Å². The molecule has 126 valence electrons. The van der Waals surface area contributed by atoms with E-state index in [1.165, 1.54) is 11.0 Å². The van der Waals surface area contributed by atoms with Gasteiger partial charge in [0.25, 0.3) is 5.91 Å². The van der Waals surface area contributed by atoms with Gasteiger partial charge in [0.05, 0.1) is 12.2 Å². The zero-order chi connectivity index (χ0) is 17.4. The van der Waals surface area contributed by atoms with Crippen LogP contribution in [0, 0.1) is 11.6 Å². The zero-order valence-corrected chi connectivity index (χ0v) is 13.1. The number of benzene rings is 2. The first-order valence-electron chi connectivity index (χ1n) is 7.84. The highest BCUT2D eigenvalue weighted by molar-refractivity contribution is 5.95. The normalized spacial score (nSPS) is 14.4. The SMILES string of the molecule is O=C(c1c(F)cccc1F)N1CC(n2cc(-c3ccccc3)nn2)C1. The third kappa shape index (κ3) is 2.77. The van der Waals surface area contributed by atoms with Crippen LogP contribution in [0.1, 0.15) is 16.4 Å². The van der Waals surface area contributed by atoms with Crippen molar-refractivity contribution in [3.63, 3.8) is 0 Å². The van der Waals surface area contributed by atoms with Crippen LogP contribution >= 0.6 is 0 Å². The summed E-state index contributed by atoms with van der Waals surface area (Å²) in [7, 11) is 0. The van der Waals surface area contributed by atoms with E-state index in [-0.39, 0.29) is 6.04 Å². The molecule has 1 aromatic heterocycles. The summed E-state index contributed by atoms with van der Waals surface area (Å²) in [5.74, 6) is -2.34. The number of hydrogen-bond donors (Lipinski definition) is 0. The Kier molecular flexibility index (Phi) is 3.76. The van der Waals surface area contributed by atoms with E-state index in [1.807, 2.05) is 36.5 Å². The van der Waals surface area contributed by atoms with Gasteiger partial charge in [0.15, 0.2) is 0 Å². The predicted molar refractivity (Wildman–Crippen MR) is 86.8 cm³/mol. The maximum atomic E-state index is 13.7. The van der Waals surface area contributed by atoms with Crippen molar-refractivity contribution in [1.29, 1.82) is 0 Å². The predicted octanol–water partition coefficient (Wildman–Crippen LogP) is 2.92. The van der Waals surface area contributed by atoms with Crippen LogP contribution in [0.5, 0.6) is 0 Å². The van der Waals surface area contributed by atoms with Crippen LogP contribution in [-0.2, 0) is 0 Å². The summed E-state index contributed by atoms with van der Waals surface area (Å²) in [6, 6.07) is 13.0. The number of nitrogens with zero attached hydrogens (tertiary/aromatic N) is 4. The van der Waals surface area contributed by atoms with Crippen LogP contribution in [0.2, 0.25) is 0 Å². The molecule has 2 aromatic carbocycles. The summed E-state index contributed by atoms with van der Waals surface area (Å²) in [6.07, 6.45) is 1.81. The van der Waals surface area contributed by atoms with Crippen molar-refractivity contribution in [2.45, 2.75) is 6.04 Å². The second kappa shape index (κ2) is 6.08. The van der Waals surface area contributed by atoms with E-state index in [0.29, 0.717) is 13.1 Å². The topological polar surface area (TPSA) is 51.0 Å². The smallest absolute Gasteiger partial charge is 0.259 e. The van der Waals surface area contributed by atoms with E-state index in [1.54, 1.807) is 4.68 Å². The molecule has 1 aliphatic rings. The van der Waals surface area contributed by atoms with Gasteiger partial charge in [-0.15, -0.1) is 5.10 Å². The highest BCUT2D eigenvalue weighted by Crippen LogP contribution is 2.26. The van der Waals surface area contributed by atoms with Crippen molar-refractivity contribution >= 4 is 5.91 Å². The van der Waals surface area contributed by atoms with Gasteiger partial charge in [-0.3, -0.25) is 4.79 Å². The Balaban J connectivity index is 1.46. The molecule has 25 heavy (non-hydrogen) atoms. The molecule has 7 heteroatoms. The Hall–Kier alpha value is -3.09. The lowest BCUT2D eigenvalue weighted by Crippen LogP contribution is -2.51. The van der Waals surface area contributed by atoms with Crippen LogP contribution in [-0.4, -0.2) is 38.9 Å². The molecule has 5 nitrogen and oxygen atoms in total. The van der Waals surface area contributed by atoms with E-state index >= 15 is 0 Å². The first kappa shape index (κ1) is 15.4. The van der Waals surface area contributed by atoms with Crippen molar-refractivity contribution in [2.24, 2.45) is 0 Å². The number of aromatic nitrogens is 3. The monoisotopic (exact) mass is 340 g/mol. The quantitative estimate of drug-likeness (QED) is 0.737. The van der Waals surface area contributed by atoms with Crippen LogP contribution in [0.15, 0.2) is 54.7 Å². The lowest BCUT2D eigenvalue weighted by molar-refractivity contribution is 0.0488. The van der Waals surface area contributed by atoms with Crippen LogP contribution < -0.4 is 0 Å². The van der Waals surface area contributed by atoms with E-state index in [0.717, 1.165) is 23.4 Å². The summed E-state index contributed by atoms with van der Waals surface area (Å²) in [5, 5.41) is 8.23. The molecule has 1 fully saturated rings. The van der Waals surface area contributed by atoms with Gasteiger partial charge in [0.1, 0.15) is 22.9 Å². The maximum Gasteiger partial charge on any atom is 0.259 e. The lowest BCUT2D eigenvalue weighted by Gasteiger charge is -2.38. The Labute approximate surface area is 142 Å². The van der Waals surface area contributed by atoms with Gasteiger partial charge < -0.3 is 4.90 Å². The van der Waals surface area contributed by atoms with Crippen LogP contribution in [0.25, 0.3) is 11.3 Å². The molecule has 0 unspecified atom stereocenters. The van der Waals surface area contributed by atoms with Gasteiger partial charge >= 0.3 is 0 Å². The number of amides is 1. The fraction of sp³-hybridized carbons (Fsp3) is 0.167. The molecular formula is C18H14F2N4O. The molecule has 0 bridgehead atoms. The fourth-order valence-electron chi connectivity index (χ4n) is 2.85. The average Bonchev–Trinajstić information content (AvgIpc) is 3.04. The number of rotatable bonds is 3. The Morgan fingerprint density at radius 3 is 2.36 bits per heavy atom. The minimum Gasteiger partial charge on any atom is -0.334 e. The van der Waals surface area contributed by atoms with Gasteiger partial charge in [0.2, 0.25) is 0 Å². The molecule has 0 aliphatic carbocycles. The molecule has 1 aliphatic heterocycles. The van der Waals surface area contributed by atoms with Gasteiger partial charge in [-0.1, -0.05) is 41.6 Å². The number of carbonyl (C=O) groups excluding carboxylic acids is 1. The number of likely N-dealkylation sites (tertiary alicyclic amines) is 1. The van der Waals surface area contributed by atoms with Crippen molar-refractivity contribution < 1.29 is 13.6 Å². The van der Waals surface area contributed by atoms with Crippen LogP contribution in [0.3, 0.4) is 0 Å². The number of halogens is 2. The Morgan fingerprint density at radius 2 is 1.68 bits per heavy atom. The Morgan fingerprint density at radius 1 is 1.00 bits per heavy atom. The molecule has 4 rings (SSSR count). The third-order valence-corrected chi connectivity index (χ3v) is 4.28. The summed E-state index contributed by atoms with van der Waals surface area (Å²) in [6.45, 7) is 0.675. The van der Waals surface area contributed by atoms with Gasteiger partial charge in [-0.05, 0) is 12.1 Å². The van der Waals surface area contributed by atoms with Crippen molar-refractivity contribution in [3.05, 3.63) is 71.9 Å². The molecule has 0 spiro atoms.